The molecule has 0 atom stereocenters. The van der Waals surface area contributed by atoms with Gasteiger partial charge >= 0.3 is 0 Å². The number of benzene rings is 2. The van der Waals surface area contributed by atoms with Crippen LogP contribution in [0.5, 0.6) is 17.2 Å². The predicted molar refractivity (Wildman–Crippen MR) is 94.6 cm³/mol. The standard InChI is InChI=1S/C18H20ClNO4/c1-11-7-15(22-3)18(16(8-11)23-4)24-10-17(21)20-13-6-5-12(2)14(19)9-13/h5-9H,10H2,1-4H3,(H,20,21). The quantitative estimate of drug-likeness (QED) is 0.856. The second-order valence-corrected chi connectivity index (χ2v) is 5.71. The normalized spacial score (nSPS) is 10.2. The molecule has 0 saturated heterocycles. The summed E-state index contributed by atoms with van der Waals surface area (Å²) in [5.41, 5.74) is 2.52. The number of methoxy groups -OCH3 is 2. The van der Waals surface area contributed by atoms with Crippen molar-refractivity contribution in [3.8, 4) is 17.2 Å². The smallest absolute Gasteiger partial charge is 0.262 e. The maximum Gasteiger partial charge on any atom is 0.262 e. The van der Waals surface area contributed by atoms with Crippen LogP contribution in [0.15, 0.2) is 30.3 Å². The van der Waals surface area contributed by atoms with Crippen LogP contribution in [0, 0.1) is 13.8 Å². The first kappa shape index (κ1) is 17.9. The van der Waals surface area contributed by atoms with Crippen molar-refractivity contribution >= 4 is 23.2 Å². The van der Waals surface area contributed by atoms with Crippen LogP contribution in [-0.4, -0.2) is 26.7 Å². The molecule has 0 aromatic heterocycles. The van der Waals surface area contributed by atoms with Crippen LogP contribution >= 0.6 is 11.6 Å². The summed E-state index contributed by atoms with van der Waals surface area (Å²) in [4.78, 5) is 12.1. The van der Waals surface area contributed by atoms with Gasteiger partial charge in [-0.3, -0.25) is 4.79 Å². The lowest BCUT2D eigenvalue weighted by Gasteiger charge is -2.15. The topological polar surface area (TPSA) is 56.8 Å². The van der Waals surface area contributed by atoms with Crippen molar-refractivity contribution in [2.75, 3.05) is 26.1 Å². The first-order valence-corrected chi connectivity index (χ1v) is 7.73. The Balaban J connectivity index is 2.07. The molecule has 5 nitrogen and oxygen atoms in total. The maximum atomic E-state index is 12.1. The van der Waals surface area contributed by atoms with E-state index in [2.05, 4.69) is 5.32 Å². The molecule has 0 saturated carbocycles. The minimum atomic E-state index is -0.306. The van der Waals surface area contributed by atoms with Crippen LogP contribution in [0.1, 0.15) is 11.1 Å². The van der Waals surface area contributed by atoms with Crippen LogP contribution in [0.2, 0.25) is 5.02 Å². The lowest BCUT2D eigenvalue weighted by molar-refractivity contribution is -0.118. The number of rotatable bonds is 6. The molecule has 0 aliphatic rings. The number of amides is 1. The Morgan fingerprint density at radius 1 is 1.08 bits per heavy atom. The lowest BCUT2D eigenvalue weighted by Crippen LogP contribution is -2.20. The highest BCUT2D eigenvalue weighted by molar-refractivity contribution is 6.31. The number of hydrogen-bond acceptors (Lipinski definition) is 4. The maximum absolute atomic E-state index is 12.1. The van der Waals surface area contributed by atoms with Crippen LogP contribution in [0.25, 0.3) is 0 Å². The number of anilines is 1. The van der Waals surface area contributed by atoms with Gasteiger partial charge in [0.2, 0.25) is 5.75 Å². The van der Waals surface area contributed by atoms with E-state index in [1.54, 1.807) is 12.1 Å². The lowest BCUT2D eigenvalue weighted by atomic mass is 10.2. The predicted octanol–water partition coefficient (Wildman–Crippen LogP) is 3.99. The number of aryl methyl sites for hydroxylation is 2. The zero-order valence-electron chi connectivity index (χ0n) is 14.1. The summed E-state index contributed by atoms with van der Waals surface area (Å²) in [5, 5.41) is 3.33. The summed E-state index contributed by atoms with van der Waals surface area (Å²) < 4.78 is 16.2. The van der Waals surface area contributed by atoms with Crippen molar-refractivity contribution in [3.63, 3.8) is 0 Å². The molecule has 6 heteroatoms. The summed E-state index contributed by atoms with van der Waals surface area (Å²) >= 11 is 6.05. The van der Waals surface area contributed by atoms with Crippen molar-refractivity contribution in [2.24, 2.45) is 0 Å². The van der Waals surface area contributed by atoms with E-state index >= 15 is 0 Å². The Labute approximate surface area is 146 Å². The molecule has 0 unspecified atom stereocenters. The molecule has 0 heterocycles. The Morgan fingerprint density at radius 2 is 1.71 bits per heavy atom. The van der Waals surface area contributed by atoms with Gasteiger partial charge in [-0.1, -0.05) is 17.7 Å². The number of hydrogen-bond donors (Lipinski definition) is 1. The van der Waals surface area contributed by atoms with Crippen molar-refractivity contribution in [3.05, 3.63) is 46.5 Å². The second kappa shape index (κ2) is 7.93. The summed E-state index contributed by atoms with van der Waals surface area (Å²) in [6, 6.07) is 8.95. The van der Waals surface area contributed by atoms with Gasteiger partial charge in [0.25, 0.3) is 5.91 Å². The van der Waals surface area contributed by atoms with E-state index in [1.165, 1.54) is 14.2 Å². The highest BCUT2D eigenvalue weighted by Crippen LogP contribution is 2.38. The number of nitrogens with one attached hydrogen (secondary N) is 1. The van der Waals surface area contributed by atoms with Crippen LogP contribution in [0.3, 0.4) is 0 Å². The molecular weight excluding hydrogens is 330 g/mol. The van der Waals surface area contributed by atoms with E-state index in [9.17, 15) is 4.79 Å². The Hall–Kier alpha value is -2.40. The third kappa shape index (κ3) is 4.32. The molecule has 0 fully saturated rings. The first-order valence-electron chi connectivity index (χ1n) is 7.36. The van der Waals surface area contributed by atoms with Gasteiger partial charge < -0.3 is 19.5 Å². The average Bonchev–Trinajstić information content (AvgIpc) is 2.56. The number of halogens is 1. The van der Waals surface area contributed by atoms with E-state index in [4.69, 9.17) is 25.8 Å². The minimum Gasteiger partial charge on any atom is -0.493 e. The highest BCUT2D eigenvalue weighted by Gasteiger charge is 2.15. The number of ether oxygens (including phenoxy) is 3. The van der Waals surface area contributed by atoms with Crippen molar-refractivity contribution in [1.29, 1.82) is 0 Å². The van der Waals surface area contributed by atoms with Gasteiger partial charge in [-0.05, 0) is 49.2 Å². The highest BCUT2D eigenvalue weighted by atomic mass is 35.5. The zero-order valence-corrected chi connectivity index (χ0v) is 14.9. The summed E-state index contributed by atoms with van der Waals surface area (Å²) in [5.74, 6) is 1.11. The van der Waals surface area contributed by atoms with Gasteiger partial charge in [0.05, 0.1) is 14.2 Å². The summed E-state index contributed by atoms with van der Waals surface area (Å²) in [6.45, 7) is 3.64. The van der Waals surface area contributed by atoms with Crippen LogP contribution in [-0.2, 0) is 4.79 Å². The van der Waals surface area contributed by atoms with Crippen molar-refractivity contribution < 1.29 is 19.0 Å². The van der Waals surface area contributed by atoms with E-state index in [0.717, 1.165) is 11.1 Å². The molecule has 0 radical (unpaired) electrons. The number of carbonyl (C=O) groups is 1. The minimum absolute atomic E-state index is 0.179. The molecule has 1 amide bonds. The number of carbonyl (C=O) groups excluding carboxylic acids is 1. The van der Waals surface area contributed by atoms with E-state index < -0.39 is 0 Å². The first-order chi connectivity index (χ1) is 11.4. The molecule has 2 aromatic rings. The van der Waals surface area contributed by atoms with Gasteiger partial charge in [-0.15, -0.1) is 0 Å². The van der Waals surface area contributed by atoms with Crippen molar-refractivity contribution in [2.45, 2.75) is 13.8 Å². The van der Waals surface area contributed by atoms with Crippen LogP contribution < -0.4 is 19.5 Å². The average molecular weight is 350 g/mol. The SMILES string of the molecule is COc1cc(C)cc(OC)c1OCC(=O)Nc1ccc(C)c(Cl)c1. The second-order valence-electron chi connectivity index (χ2n) is 5.30. The zero-order chi connectivity index (χ0) is 17.7. The largest absolute Gasteiger partial charge is 0.493 e. The fourth-order valence-electron chi connectivity index (χ4n) is 2.16. The fraction of sp³-hybridized carbons (Fsp3) is 0.278. The molecule has 0 aliphatic heterocycles. The molecule has 2 aromatic carbocycles. The molecule has 0 spiro atoms. The molecule has 128 valence electrons. The van der Waals surface area contributed by atoms with Gasteiger partial charge in [0.1, 0.15) is 0 Å². The van der Waals surface area contributed by atoms with E-state index in [0.29, 0.717) is 28.0 Å². The molecule has 24 heavy (non-hydrogen) atoms. The summed E-state index contributed by atoms with van der Waals surface area (Å²) in [7, 11) is 3.07. The van der Waals surface area contributed by atoms with Gasteiger partial charge in [-0.25, -0.2) is 0 Å². The van der Waals surface area contributed by atoms with Gasteiger partial charge in [0, 0.05) is 10.7 Å². The third-order valence-corrected chi connectivity index (χ3v) is 3.82. The Morgan fingerprint density at radius 3 is 2.25 bits per heavy atom. The molecule has 1 N–H and O–H groups in total. The van der Waals surface area contributed by atoms with E-state index in [-0.39, 0.29) is 12.5 Å². The Bertz CT molecular complexity index is 721. The molecule has 0 bridgehead atoms. The molecule has 0 aliphatic carbocycles. The summed E-state index contributed by atoms with van der Waals surface area (Å²) in [6.07, 6.45) is 0. The van der Waals surface area contributed by atoms with Crippen molar-refractivity contribution in [1.82, 2.24) is 0 Å². The van der Waals surface area contributed by atoms with Gasteiger partial charge in [0.15, 0.2) is 18.1 Å². The third-order valence-electron chi connectivity index (χ3n) is 3.41. The molecule has 2 rings (SSSR count). The fourth-order valence-corrected chi connectivity index (χ4v) is 2.34. The van der Waals surface area contributed by atoms with Gasteiger partial charge in [-0.2, -0.15) is 0 Å². The monoisotopic (exact) mass is 349 g/mol. The Kier molecular flexibility index (Phi) is 5.93. The molecular formula is C18H20ClNO4. The van der Waals surface area contributed by atoms with Crippen LogP contribution in [0.4, 0.5) is 5.69 Å². The van der Waals surface area contributed by atoms with E-state index in [1.807, 2.05) is 32.0 Å².